The number of esters is 1. The fourth-order valence-corrected chi connectivity index (χ4v) is 13.8. The molecule has 8 unspecified atom stereocenters. The van der Waals surface area contributed by atoms with Gasteiger partial charge in [0.25, 0.3) is 0 Å². The zero-order valence-corrected chi connectivity index (χ0v) is 31.3. The van der Waals surface area contributed by atoms with Gasteiger partial charge in [0, 0.05) is 18.6 Å². The molecule has 10 atom stereocenters. The minimum absolute atomic E-state index is 0.0216. The summed E-state index contributed by atoms with van der Waals surface area (Å²) in [5, 5.41) is 4.11. The number of cyclic esters (lactones) is 1. The highest BCUT2D eigenvalue weighted by molar-refractivity contribution is 5.73. The van der Waals surface area contributed by atoms with Gasteiger partial charge in [-0.3, -0.25) is 4.79 Å². The second-order valence-electron chi connectivity index (χ2n) is 18.4. The van der Waals surface area contributed by atoms with Crippen molar-refractivity contribution in [2.45, 2.75) is 123 Å². The van der Waals surface area contributed by atoms with Crippen molar-refractivity contribution < 1.29 is 19.1 Å². The van der Waals surface area contributed by atoms with Crippen LogP contribution < -0.4 is 5.32 Å². The van der Waals surface area contributed by atoms with Crippen molar-refractivity contribution >= 4 is 12.1 Å². The normalized spacial score (nSPS) is 42.3. The van der Waals surface area contributed by atoms with Gasteiger partial charge >= 0.3 is 12.1 Å². The molecule has 272 valence electrons. The largest absolute Gasteiger partial charge is 0.461 e. The van der Waals surface area contributed by atoms with E-state index in [9.17, 15) is 9.59 Å². The number of hydrogen-bond acceptors (Lipinski definition) is 5. The highest BCUT2D eigenvalue weighted by atomic mass is 16.6. The zero-order chi connectivity index (χ0) is 34.7. The second-order valence-corrected chi connectivity index (χ2v) is 18.4. The van der Waals surface area contributed by atoms with E-state index >= 15 is 0 Å². The first-order valence-corrected chi connectivity index (χ1v) is 20.3. The average Bonchev–Trinajstić information content (AvgIpc) is 3.74. The van der Waals surface area contributed by atoms with Crippen LogP contribution in [-0.2, 0) is 20.9 Å². The summed E-state index contributed by atoms with van der Waals surface area (Å²) in [6.07, 6.45) is 20.9. The lowest BCUT2D eigenvalue weighted by Gasteiger charge is -2.71. The predicted octanol–water partition coefficient (Wildman–Crippen LogP) is 9.25. The molecular weight excluding hydrogens is 620 g/mol. The topological polar surface area (TPSA) is 67.9 Å². The Labute approximate surface area is 301 Å². The molecule has 1 N–H and O–H groups in total. The van der Waals surface area contributed by atoms with Crippen LogP contribution in [0.3, 0.4) is 0 Å². The van der Waals surface area contributed by atoms with Gasteiger partial charge in [-0.15, -0.1) is 0 Å². The van der Waals surface area contributed by atoms with Crippen molar-refractivity contribution in [3.05, 3.63) is 59.2 Å². The van der Waals surface area contributed by atoms with Crippen LogP contribution in [-0.4, -0.2) is 48.7 Å². The third-order valence-electron chi connectivity index (χ3n) is 16.6. The summed E-state index contributed by atoms with van der Waals surface area (Å²) in [6.45, 7) is 14.0. The van der Waals surface area contributed by atoms with Crippen molar-refractivity contribution in [1.82, 2.24) is 10.2 Å². The molecule has 0 aromatic heterocycles. The lowest BCUT2D eigenvalue weighted by atomic mass is 9.34. The van der Waals surface area contributed by atoms with Crippen molar-refractivity contribution in [1.29, 1.82) is 0 Å². The predicted molar refractivity (Wildman–Crippen MR) is 197 cm³/mol. The van der Waals surface area contributed by atoms with Crippen LogP contribution in [0.1, 0.15) is 117 Å². The molecule has 1 aliphatic heterocycles. The van der Waals surface area contributed by atoms with E-state index in [1.807, 2.05) is 35.2 Å². The molecule has 5 fully saturated rings. The van der Waals surface area contributed by atoms with E-state index in [1.54, 1.807) is 5.57 Å². The summed E-state index contributed by atoms with van der Waals surface area (Å²) >= 11 is 0. The van der Waals surface area contributed by atoms with Crippen LogP contribution in [0.15, 0.2) is 53.6 Å². The first-order chi connectivity index (χ1) is 24.1. The summed E-state index contributed by atoms with van der Waals surface area (Å²) in [4.78, 5) is 26.9. The lowest BCUT2D eigenvalue weighted by Crippen LogP contribution is -2.67. The Morgan fingerprint density at radius 3 is 2.54 bits per heavy atom. The number of amides is 1. The molecule has 8 rings (SSSR count). The second kappa shape index (κ2) is 13.1. The highest BCUT2D eigenvalue weighted by Gasteiger charge is 2.68. The Morgan fingerprint density at radius 2 is 1.78 bits per heavy atom. The summed E-state index contributed by atoms with van der Waals surface area (Å²) < 4.78 is 10.9. The molecule has 1 amide bonds. The molecule has 6 heteroatoms. The molecule has 6 nitrogen and oxygen atoms in total. The number of benzene rings is 1. The van der Waals surface area contributed by atoms with Crippen LogP contribution in [0.2, 0.25) is 0 Å². The van der Waals surface area contributed by atoms with Crippen LogP contribution in [0.5, 0.6) is 0 Å². The van der Waals surface area contributed by atoms with E-state index in [0.29, 0.717) is 35.4 Å². The van der Waals surface area contributed by atoms with Gasteiger partial charge in [0.2, 0.25) is 0 Å². The highest BCUT2D eigenvalue weighted by Crippen LogP contribution is 2.75. The summed E-state index contributed by atoms with van der Waals surface area (Å²) in [7, 11) is 0. The van der Waals surface area contributed by atoms with Gasteiger partial charge in [0.15, 0.2) is 0 Å². The van der Waals surface area contributed by atoms with E-state index in [0.717, 1.165) is 68.1 Å². The van der Waals surface area contributed by atoms with Gasteiger partial charge in [-0.05, 0) is 140 Å². The van der Waals surface area contributed by atoms with Crippen molar-refractivity contribution in [2.75, 3.05) is 26.2 Å². The Bertz CT molecular complexity index is 1520. The summed E-state index contributed by atoms with van der Waals surface area (Å²) in [5.74, 6) is 3.54. The number of fused-ring (bicyclic) bond motifs is 7. The number of hydrogen-bond donors (Lipinski definition) is 1. The van der Waals surface area contributed by atoms with E-state index in [4.69, 9.17) is 9.47 Å². The Morgan fingerprint density at radius 1 is 0.940 bits per heavy atom. The molecule has 7 aliphatic rings. The maximum absolute atomic E-state index is 12.9. The quantitative estimate of drug-likeness (QED) is 0.277. The first-order valence-electron chi connectivity index (χ1n) is 20.3. The number of carbonyl (C=O) groups is 2. The molecule has 0 bridgehead atoms. The standard InChI is InChI=1S/C44H62N2O4/c1-30-34(32-12-14-33(15-13-32)39(47)50-29-31-9-6-5-7-10-31)18-21-41(2)35(30)19-22-43(4)38(41)17-16-36-37-11-8-20-44(37,24-23-42(36,43)3)45-25-26-46-27-28-49-40(46)48/h5-7,9-10,12,18,30,33,35-38,45H,8,11,13-17,19-29H2,1-4H3/t30?,33?,35?,36?,37-,38?,41?,42-,43?,44?/m1/s1. The summed E-state index contributed by atoms with van der Waals surface area (Å²) in [5.41, 5.74) is 5.50. The molecule has 0 spiro atoms. The van der Waals surface area contributed by atoms with Gasteiger partial charge in [-0.2, -0.15) is 0 Å². The Kier molecular flexibility index (Phi) is 9.04. The molecule has 1 heterocycles. The maximum Gasteiger partial charge on any atom is 0.409 e. The summed E-state index contributed by atoms with van der Waals surface area (Å²) in [6, 6.07) is 10.0. The number of nitrogens with one attached hydrogen (secondary N) is 1. The third kappa shape index (κ3) is 5.51. The average molecular weight is 683 g/mol. The molecule has 4 saturated carbocycles. The van der Waals surface area contributed by atoms with Gasteiger partial charge in [-0.25, -0.2) is 4.79 Å². The third-order valence-corrected chi connectivity index (χ3v) is 16.6. The van der Waals surface area contributed by atoms with Gasteiger partial charge in [-0.1, -0.05) is 76.6 Å². The molecular formula is C44H62N2O4. The van der Waals surface area contributed by atoms with Gasteiger partial charge < -0.3 is 19.7 Å². The Hall–Kier alpha value is -2.60. The minimum atomic E-state index is -0.140. The van der Waals surface area contributed by atoms with Crippen molar-refractivity contribution in [3.8, 4) is 0 Å². The molecule has 6 aliphatic carbocycles. The van der Waals surface area contributed by atoms with E-state index in [2.05, 4.69) is 45.2 Å². The number of nitrogens with zero attached hydrogens (tertiary/aromatic N) is 1. The van der Waals surface area contributed by atoms with Crippen LogP contribution in [0.4, 0.5) is 4.79 Å². The number of allylic oxidation sites excluding steroid dienone is 4. The number of ether oxygens (including phenoxy) is 2. The fraction of sp³-hybridized carbons (Fsp3) is 0.727. The van der Waals surface area contributed by atoms with Crippen molar-refractivity contribution in [3.63, 3.8) is 0 Å². The van der Waals surface area contributed by atoms with Crippen molar-refractivity contribution in [2.24, 2.45) is 51.8 Å². The van der Waals surface area contributed by atoms with E-state index in [1.165, 1.54) is 69.8 Å². The number of carbonyl (C=O) groups excluding carboxylic acids is 2. The smallest absolute Gasteiger partial charge is 0.409 e. The lowest BCUT2D eigenvalue weighted by molar-refractivity contribution is -0.212. The monoisotopic (exact) mass is 682 g/mol. The zero-order valence-electron chi connectivity index (χ0n) is 31.3. The van der Waals surface area contributed by atoms with Crippen LogP contribution in [0, 0.1) is 51.8 Å². The molecule has 0 radical (unpaired) electrons. The van der Waals surface area contributed by atoms with Gasteiger partial charge in [0.1, 0.15) is 13.2 Å². The number of rotatable bonds is 8. The van der Waals surface area contributed by atoms with Crippen LogP contribution in [0.25, 0.3) is 0 Å². The van der Waals surface area contributed by atoms with Gasteiger partial charge in [0.05, 0.1) is 12.5 Å². The molecule has 1 aromatic rings. The van der Waals surface area contributed by atoms with E-state index < -0.39 is 0 Å². The minimum Gasteiger partial charge on any atom is -0.461 e. The van der Waals surface area contributed by atoms with E-state index in [-0.39, 0.29) is 23.5 Å². The molecule has 1 saturated heterocycles. The SMILES string of the molecule is CC1C(C2=CCC(C(=O)OCc3ccccc3)CC2)=CCC2(C)C1CCC1(C)C2CCC2[C@H]3CCCC3(NCCN3CCOC3=O)CC[C@]21C. The van der Waals surface area contributed by atoms with Crippen LogP contribution >= 0.6 is 0 Å². The first kappa shape index (κ1) is 34.5. The molecule has 50 heavy (non-hydrogen) atoms. The Balaban J connectivity index is 0.942. The molecule has 1 aromatic carbocycles. The fourth-order valence-electron chi connectivity index (χ4n) is 13.8. The maximum atomic E-state index is 12.9.